The Hall–Kier alpha value is -4.21. The van der Waals surface area contributed by atoms with Crippen LogP contribution >= 0.6 is 0 Å². The van der Waals surface area contributed by atoms with Gasteiger partial charge in [0.1, 0.15) is 0 Å². The van der Waals surface area contributed by atoms with Crippen molar-refractivity contribution >= 4 is 11.6 Å². The minimum absolute atomic E-state index is 0.0382. The molecule has 4 rings (SSSR count). The number of aromatic hydroxyl groups is 1. The van der Waals surface area contributed by atoms with Gasteiger partial charge in [-0.15, -0.1) is 0 Å². The predicted octanol–water partition coefficient (Wildman–Crippen LogP) is 4.38. The van der Waals surface area contributed by atoms with Crippen LogP contribution in [0.25, 0.3) is 17.0 Å². The molecular weight excluding hydrogens is 452 g/mol. The molecule has 35 heavy (non-hydrogen) atoms. The monoisotopic (exact) mass is 480 g/mol. The fraction of sp³-hybridized carbons (Fsp3) is 0.320. The molecule has 0 saturated carbocycles. The molecule has 10 nitrogen and oxygen atoms in total. The van der Waals surface area contributed by atoms with Gasteiger partial charge in [0.05, 0.1) is 32.9 Å². The largest absolute Gasteiger partial charge is 0.504 e. The molecule has 2 heterocycles. The molecule has 1 aromatic heterocycles. The highest BCUT2D eigenvalue weighted by molar-refractivity contribution is 5.87. The van der Waals surface area contributed by atoms with Crippen LogP contribution in [0.1, 0.15) is 37.8 Å². The van der Waals surface area contributed by atoms with Crippen LogP contribution in [0, 0.1) is 0 Å². The average molecular weight is 481 g/mol. The second-order valence-corrected chi connectivity index (χ2v) is 7.96. The maximum atomic E-state index is 12.9. The summed E-state index contributed by atoms with van der Waals surface area (Å²) < 4.78 is 21.5. The molecule has 1 atom stereocenters. The van der Waals surface area contributed by atoms with Gasteiger partial charge in [0, 0.05) is 17.8 Å². The fourth-order valence-corrected chi connectivity index (χ4v) is 4.11. The van der Waals surface area contributed by atoms with E-state index in [2.05, 4.69) is 15.5 Å². The highest BCUT2D eigenvalue weighted by Gasteiger charge is 2.35. The molecule has 1 unspecified atom stereocenters. The molecule has 2 aromatic carbocycles. The van der Waals surface area contributed by atoms with E-state index in [0.717, 1.165) is 6.42 Å². The minimum Gasteiger partial charge on any atom is -0.504 e. The van der Waals surface area contributed by atoms with Gasteiger partial charge in [-0.1, -0.05) is 18.1 Å². The Kier molecular flexibility index (Phi) is 6.81. The summed E-state index contributed by atoms with van der Waals surface area (Å²) in [6.45, 7) is 4.37. The van der Waals surface area contributed by atoms with E-state index < -0.39 is 6.04 Å². The highest BCUT2D eigenvalue weighted by atomic mass is 16.5. The summed E-state index contributed by atoms with van der Waals surface area (Å²) in [4.78, 5) is 19.2. The summed E-state index contributed by atoms with van der Waals surface area (Å²) in [6, 6.07) is 9.45. The maximum absolute atomic E-state index is 12.9. The van der Waals surface area contributed by atoms with E-state index >= 15 is 0 Å². The molecule has 2 N–H and O–H groups in total. The lowest BCUT2D eigenvalue weighted by molar-refractivity contribution is 0.205. The number of phenolic OH excluding ortho intramolecular Hbond substituents is 1. The van der Waals surface area contributed by atoms with E-state index in [9.17, 15) is 9.90 Å². The van der Waals surface area contributed by atoms with Crippen molar-refractivity contribution in [2.24, 2.45) is 0 Å². The van der Waals surface area contributed by atoms with Gasteiger partial charge in [0.15, 0.2) is 23.0 Å². The Bertz CT molecular complexity index is 1270. The third kappa shape index (κ3) is 4.46. The topological polar surface area (TPSA) is 119 Å². The number of hydrogen-bond acceptors (Lipinski definition) is 8. The molecular formula is C25H28N4O6. The number of amides is 2. The van der Waals surface area contributed by atoms with Crippen LogP contribution in [0.3, 0.4) is 0 Å². The number of carbonyl (C=O) groups is 1. The first kappa shape index (κ1) is 23.9. The van der Waals surface area contributed by atoms with Crippen molar-refractivity contribution < 1.29 is 28.6 Å². The zero-order valence-corrected chi connectivity index (χ0v) is 20.3. The first-order valence-corrected chi connectivity index (χ1v) is 11.1. The average Bonchev–Trinajstić information content (AvgIpc) is 3.35. The van der Waals surface area contributed by atoms with Crippen LogP contribution in [0.4, 0.5) is 4.79 Å². The molecule has 1 aliphatic rings. The first-order chi connectivity index (χ1) is 16.9. The number of nitrogens with zero attached hydrogens (tertiary/aromatic N) is 3. The number of urea groups is 1. The van der Waals surface area contributed by atoms with Crippen LogP contribution in [-0.4, -0.2) is 54.1 Å². The van der Waals surface area contributed by atoms with Crippen molar-refractivity contribution in [3.8, 4) is 34.4 Å². The minimum atomic E-state index is -0.619. The number of rotatable bonds is 8. The van der Waals surface area contributed by atoms with Gasteiger partial charge in [-0.2, -0.15) is 4.98 Å². The lowest BCUT2D eigenvalue weighted by Gasteiger charge is -2.35. The number of benzene rings is 2. The third-order valence-electron chi connectivity index (χ3n) is 5.88. The molecule has 3 aromatic rings. The molecule has 2 amide bonds. The normalized spacial score (nSPS) is 15.7. The lowest BCUT2D eigenvalue weighted by atomic mass is 9.94. The standard InChI is InChI=1S/C25H28N4O6/c1-6-11-29-14(2)21(22(26-25(29)31)15-7-9-18(32-3)17(30)12-15)24-27-23(28-35-24)16-8-10-19(33-4)20(13-16)34-5/h7-10,12-13,22,30H,6,11H2,1-5H3,(H,26,31). The molecule has 1 aliphatic heterocycles. The molecule has 0 spiro atoms. The van der Waals surface area contributed by atoms with Gasteiger partial charge in [-0.25, -0.2) is 4.79 Å². The Morgan fingerprint density at radius 2 is 1.77 bits per heavy atom. The van der Waals surface area contributed by atoms with E-state index in [4.69, 9.17) is 18.7 Å². The number of aromatic nitrogens is 2. The van der Waals surface area contributed by atoms with Gasteiger partial charge in [0.2, 0.25) is 5.82 Å². The summed E-state index contributed by atoms with van der Waals surface area (Å²) in [7, 11) is 4.60. The zero-order valence-electron chi connectivity index (χ0n) is 20.3. The van der Waals surface area contributed by atoms with Gasteiger partial charge in [0.25, 0.3) is 5.89 Å². The molecule has 0 radical (unpaired) electrons. The first-order valence-electron chi connectivity index (χ1n) is 11.1. The fourth-order valence-electron chi connectivity index (χ4n) is 4.11. The van der Waals surface area contributed by atoms with Crippen molar-refractivity contribution in [3.05, 3.63) is 53.5 Å². The van der Waals surface area contributed by atoms with Gasteiger partial charge < -0.3 is 29.2 Å². The molecule has 10 heteroatoms. The Morgan fingerprint density at radius 1 is 1.06 bits per heavy atom. The van der Waals surface area contributed by atoms with E-state index in [1.807, 2.05) is 19.9 Å². The Balaban J connectivity index is 1.80. The second-order valence-electron chi connectivity index (χ2n) is 7.96. The van der Waals surface area contributed by atoms with E-state index in [0.29, 0.717) is 52.0 Å². The van der Waals surface area contributed by atoms with Crippen molar-refractivity contribution in [1.82, 2.24) is 20.4 Å². The molecule has 0 saturated heterocycles. The van der Waals surface area contributed by atoms with Crippen molar-refractivity contribution in [2.45, 2.75) is 26.3 Å². The third-order valence-corrected chi connectivity index (χ3v) is 5.88. The maximum Gasteiger partial charge on any atom is 0.322 e. The van der Waals surface area contributed by atoms with Crippen LogP contribution in [0.2, 0.25) is 0 Å². The Labute approximate surface area is 203 Å². The predicted molar refractivity (Wildman–Crippen MR) is 128 cm³/mol. The summed E-state index contributed by atoms with van der Waals surface area (Å²) >= 11 is 0. The molecule has 0 bridgehead atoms. The number of nitrogens with one attached hydrogen (secondary N) is 1. The summed E-state index contributed by atoms with van der Waals surface area (Å²) in [6.07, 6.45) is 0.771. The molecule has 184 valence electrons. The van der Waals surface area contributed by atoms with E-state index in [1.54, 1.807) is 49.5 Å². The van der Waals surface area contributed by atoms with Crippen LogP contribution < -0.4 is 19.5 Å². The summed E-state index contributed by atoms with van der Waals surface area (Å²) in [5, 5.41) is 17.5. The van der Waals surface area contributed by atoms with Crippen LogP contribution in [-0.2, 0) is 0 Å². The van der Waals surface area contributed by atoms with Crippen LogP contribution in [0.15, 0.2) is 46.6 Å². The number of ether oxygens (including phenoxy) is 3. The van der Waals surface area contributed by atoms with Gasteiger partial charge in [-0.3, -0.25) is 4.90 Å². The van der Waals surface area contributed by atoms with E-state index in [-0.39, 0.29) is 17.7 Å². The zero-order chi connectivity index (χ0) is 25.1. The SMILES string of the molecule is CCCN1C(=O)NC(c2ccc(OC)c(O)c2)C(c2nc(-c3ccc(OC)c(OC)c3)no2)=C1C. The van der Waals surface area contributed by atoms with Gasteiger partial charge >= 0.3 is 6.03 Å². The second kappa shape index (κ2) is 9.96. The van der Waals surface area contributed by atoms with Gasteiger partial charge in [-0.05, 0) is 49.2 Å². The van der Waals surface area contributed by atoms with Crippen LogP contribution in [0.5, 0.6) is 23.0 Å². The quantitative estimate of drug-likeness (QED) is 0.488. The van der Waals surface area contributed by atoms with Crippen molar-refractivity contribution in [1.29, 1.82) is 0 Å². The number of allylic oxidation sites excluding steroid dienone is 1. The van der Waals surface area contributed by atoms with Crippen molar-refractivity contribution in [2.75, 3.05) is 27.9 Å². The van der Waals surface area contributed by atoms with E-state index in [1.165, 1.54) is 7.11 Å². The highest BCUT2D eigenvalue weighted by Crippen LogP contribution is 2.40. The number of methoxy groups -OCH3 is 3. The summed E-state index contributed by atoms with van der Waals surface area (Å²) in [5.41, 5.74) is 2.66. The summed E-state index contributed by atoms with van der Waals surface area (Å²) in [5.74, 6) is 2.04. The number of carbonyl (C=O) groups excluding carboxylic acids is 1. The smallest absolute Gasteiger partial charge is 0.322 e. The number of phenols is 1. The van der Waals surface area contributed by atoms with Crippen molar-refractivity contribution in [3.63, 3.8) is 0 Å². The number of hydrogen-bond donors (Lipinski definition) is 2. The Morgan fingerprint density at radius 3 is 2.43 bits per heavy atom. The molecule has 0 fully saturated rings. The lowest BCUT2D eigenvalue weighted by Crippen LogP contribution is -2.46. The molecule has 0 aliphatic carbocycles.